The van der Waals surface area contributed by atoms with Crippen molar-refractivity contribution in [3.05, 3.63) is 71.8 Å². The number of carbonyl (C=O) groups excluding carboxylic acids is 1. The van der Waals surface area contributed by atoms with Gasteiger partial charge in [0.25, 0.3) is 0 Å². The van der Waals surface area contributed by atoms with Gasteiger partial charge in [0.05, 0.1) is 6.10 Å². The van der Waals surface area contributed by atoms with Crippen LogP contribution in [0.3, 0.4) is 0 Å². The topological polar surface area (TPSA) is 75.3 Å². The molecule has 1 amide bonds. The maximum Gasteiger partial charge on any atom is 0.223 e. The molecule has 3 atom stereocenters. The first-order valence-electron chi connectivity index (χ1n) is 9.76. The van der Waals surface area contributed by atoms with E-state index in [1.54, 1.807) is 0 Å². The molecule has 27 heavy (non-hydrogen) atoms. The van der Waals surface area contributed by atoms with Gasteiger partial charge in [-0.3, -0.25) is 4.79 Å². The number of amides is 1. The molecule has 2 aromatic rings. The van der Waals surface area contributed by atoms with Crippen LogP contribution >= 0.6 is 0 Å². The maximum atomic E-state index is 12.6. The predicted octanol–water partition coefficient (Wildman–Crippen LogP) is 2.94. The van der Waals surface area contributed by atoms with Crippen LogP contribution in [0, 0.1) is 11.8 Å². The molecule has 0 saturated heterocycles. The Morgan fingerprint density at radius 3 is 2.11 bits per heavy atom. The highest BCUT2D eigenvalue weighted by molar-refractivity contribution is 5.78. The van der Waals surface area contributed by atoms with Gasteiger partial charge < -0.3 is 16.2 Å². The van der Waals surface area contributed by atoms with Crippen LogP contribution < -0.4 is 11.1 Å². The van der Waals surface area contributed by atoms with Crippen molar-refractivity contribution in [2.75, 3.05) is 6.54 Å². The highest BCUT2D eigenvalue weighted by Gasteiger charge is 2.27. The maximum absolute atomic E-state index is 12.6. The van der Waals surface area contributed by atoms with Crippen molar-refractivity contribution in [2.24, 2.45) is 17.6 Å². The summed E-state index contributed by atoms with van der Waals surface area (Å²) in [5.41, 5.74) is 8.49. The highest BCUT2D eigenvalue weighted by atomic mass is 16.3. The Kier molecular flexibility index (Phi) is 8.49. The largest absolute Gasteiger partial charge is 0.391 e. The molecule has 0 radical (unpaired) electrons. The van der Waals surface area contributed by atoms with Crippen molar-refractivity contribution in [3.8, 4) is 0 Å². The van der Waals surface area contributed by atoms with Crippen LogP contribution in [0.2, 0.25) is 0 Å². The van der Waals surface area contributed by atoms with Crippen LogP contribution in [0.4, 0.5) is 0 Å². The normalized spacial score (nSPS) is 14.6. The molecule has 4 nitrogen and oxygen atoms in total. The first-order chi connectivity index (χ1) is 13.0. The number of rotatable bonds is 10. The van der Waals surface area contributed by atoms with Crippen molar-refractivity contribution in [3.63, 3.8) is 0 Å². The van der Waals surface area contributed by atoms with Crippen molar-refractivity contribution >= 4 is 5.91 Å². The summed E-state index contributed by atoms with van der Waals surface area (Å²) in [6.07, 6.45) is 1.07. The van der Waals surface area contributed by atoms with Gasteiger partial charge in [0.15, 0.2) is 0 Å². The number of aliphatic hydroxyl groups excluding tert-OH is 1. The van der Waals surface area contributed by atoms with E-state index in [4.69, 9.17) is 5.73 Å². The fourth-order valence-corrected chi connectivity index (χ4v) is 3.25. The Morgan fingerprint density at radius 1 is 1.00 bits per heavy atom. The minimum atomic E-state index is -0.711. The third-order valence-corrected chi connectivity index (χ3v) is 5.00. The summed E-state index contributed by atoms with van der Waals surface area (Å²) < 4.78 is 0. The molecule has 4 N–H and O–H groups in total. The smallest absolute Gasteiger partial charge is 0.223 e. The zero-order valence-corrected chi connectivity index (χ0v) is 16.3. The third kappa shape index (κ3) is 7.16. The quantitative estimate of drug-likeness (QED) is 0.603. The van der Waals surface area contributed by atoms with Gasteiger partial charge >= 0.3 is 0 Å². The second kappa shape index (κ2) is 10.9. The zero-order valence-electron chi connectivity index (χ0n) is 16.3. The van der Waals surface area contributed by atoms with Crippen LogP contribution in [0.5, 0.6) is 0 Å². The lowest BCUT2D eigenvalue weighted by molar-refractivity contribution is -0.127. The number of hydrogen-bond acceptors (Lipinski definition) is 3. The standard InChI is InChI=1S/C23H32N2O2/c1-17(2)20(23(27)25-14-13-18-9-5-3-6-10-18)16-22(26)21(24)15-19-11-7-4-8-12-19/h3-12,17,20-22,26H,13-16,24H2,1-2H3,(H,25,27)/t20-,21-,22-/m0/s1. The first kappa shape index (κ1) is 21.1. The average Bonchev–Trinajstić information content (AvgIpc) is 2.67. The summed E-state index contributed by atoms with van der Waals surface area (Å²) in [6, 6.07) is 19.6. The molecule has 0 bridgehead atoms. The second-order valence-corrected chi connectivity index (χ2v) is 7.53. The minimum absolute atomic E-state index is 0.00751. The first-order valence-corrected chi connectivity index (χ1v) is 9.76. The summed E-state index contributed by atoms with van der Waals surface area (Å²) >= 11 is 0. The number of nitrogens with one attached hydrogen (secondary N) is 1. The predicted molar refractivity (Wildman–Crippen MR) is 110 cm³/mol. The van der Waals surface area contributed by atoms with Gasteiger partial charge in [-0.1, -0.05) is 74.5 Å². The Balaban J connectivity index is 1.84. The summed E-state index contributed by atoms with van der Waals surface area (Å²) in [5, 5.41) is 13.6. The SMILES string of the molecule is CC(C)[C@H](C[C@H](O)[C@@H](N)Cc1ccccc1)C(=O)NCCc1ccccc1. The van der Waals surface area contributed by atoms with Gasteiger partial charge in [-0.05, 0) is 36.3 Å². The van der Waals surface area contributed by atoms with E-state index in [0.29, 0.717) is 19.4 Å². The average molecular weight is 369 g/mol. The van der Waals surface area contributed by atoms with E-state index >= 15 is 0 Å². The molecule has 0 heterocycles. The van der Waals surface area contributed by atoms with E-state index in [1.807, 2.05) is 62.4 Å². The monoisotopic (exact) mass is 368 g/mol. The van der Waals surface area contributed by atoms with Gasteiger partial charge in [-0.2, -0.15) is 0 Å². The molecule has 0 spiro atoms. The number of nitrogens with two attached hydrogens (primary N) is 1. The molecule has 2 aromatic carbocycles. The van der Waals surface area contributed by atoms with Gasteiger partial charge in [0.2, 0.25) is 5.91 Å². The van der Waals surface area contributed by atoms with E-state index in [0.717, 1.165) is 12.0 Å². The Morgan fingerprint density at radius 2 is 1.56 bits per heavy atom. The number of aliphatic hydroxyl groups is 1. The van der Waals surface area contributed by atoms with Gasteiger partial charge in [0.1, 0.15) is 0 Å². The molecular formula is C23H32N2O2. The molecule has 0 unspecified atom stereocenters. The van der Waals surface area contributed by atoms with Crippen molar-refractivity contribution in [1.29, 1.82) is 0 Å². The van der Waals surface area contributed by atoms with Crippen molar-refractivity contribution < 1.29 is 9.90 Å². The van der Waals surface area contributed by atoms with Gasteiger partial charge in [-0.15, -0.1) is 0 Å². The number of benzene rings is 2. The molecular weight excluding hydrogens is 336 g/mol. The Hall–Kier alpha value is -2.17. The van der Waals surface area contributed by atoms with Gasteiger partial charge in [0, 0.05) is 18.5 Å². The van der Waals surface area contributed by atoms with Crippen molar-refractivity contribution in [2.45, 2.75) is 45.3 Å². The van der Waals surface area contributed by atoms with Crippen LogP contribution in [0.25, 0.3) is 0 Å². The van der Waals surface area contributed by atoms with Crippen molar-refractivity contribution in [1.82, 2.24) is 5.32 Å². The van der Waals surface area contributed by atoms with Crippen LogP contribution in [0.1, 0.15) is 31.4 Å². The molecule has 2 rings (SSSR count). The fraction of sp³-hybridized carbons (Fsp3) is 0.435. The molecule has 0 aromatic heterocycles. The number of hydrogen-bond donors (Lipinski definition) is 3. The minimum Gasteiger partial charge on any atom is -0.391 e. The Labute approximate surface area is 162 Å². The Bertz CT molecular complexity index is 673. The molecule has 0 fully saturated rings. The molecule has 0 aliphatic rings. The van der Waals surface area contributed by atoms with E-state index in [-0.39, 0.29) is 23.8 Å². The summed E-state index contributed by atoms with van der Waals surface area (Å²) in [5.74, 6) is -0.121. The molecule has 0 aliphatic carbocycles. The van der Waals surface area contributed by atoms with E-state index < -0.39 is 6.10 Å². The van der Waals surface area contributed by atoms with Crippen LogP contribution in [-0.4, -0.2) is 29.7 Å². The zero-order chi connectivity index (χ0) is 19.6. The van der Waals surface area contributed by atoms with E-state index in [9.17, 15) is 9.90 Å². The summed E-state index contributed by atoms with van der Waals surface area (Å²) in [4.78, 5) is 12.6. The molecule has 4 heteroatoms. The number of carbonyl (C=O) groups is 1. The summed E-state index contributed by atoms with van der Waals surface area (Å²) in [7, 11) is 0. The van der Waals surface area contributed by atoms with E-state index in [1.165, 1.54) is 5.56 Å². The molecule has 0 aliphatic heterocycles. The highest BCUT2D eigenvalue weighted by Crippen LogP contribution is 2.20. The third-order valence-electron chi connectivity index (χ3n) is 5.00. The van der Waals surface area contributed by atoms with E-state index in [2.05, 4.69) is 17.4 Å². The lowest BCUT2D eigenvalue weighted by atomic mass is 9.86. The lowest BCUT2D eigenvalue weighted by Crippen LogP contribution is -2.42. The van der Waals surface area contributed by atoms with Crippen LogP contribution in [-0.2, 0) is 17.6 Å². The second-order valence-electron chi connectivity index (χ2n) is 7.53. The molecule has 146 valence electrons. The summed E-state index contributed by atoms with van der Waals surface area (Å²) in [6.45, 7) is 4.62. The molecule has 0 saturated carbocycles. The van der Waals surface area contributed by atoms with Gasteiger partial charge in [-0.25, -0.2) is 0 Å². The fourth-order valence-electron chi connectivity index (χ4n) is 3.25. The van der Waals surface area contributed by atoms with Crippen LogP contribution in [0.15, 0.2) is 60.7 Å². The lowest BCUT2D eigenvalue weighted by Gasteiger charge is -2.26.